The first-order valence-electron chi connectivity index (χ1n) is 14.8. The topological polar surface area (TPSA) is 101 Å². The molecule has 2 heterocycles. The molecule has 232 valence electrons. The monoisotopic (exact) mass is 610 g/mol. The fraction of sp³-hybridized carbons (Fsp3) is 0.500. The SMILES string of the molecule is CCOc1ccc(C(=O)N2CCC(C)(C)c3cc(C4=NN(C(=O)OCCN(CC)CC)C(=O)SC4C)ccc32)cc1OC. The van der Waals surface area contributed by atoms with Crippen LogP contribution in [0.2, 0.25) is 0 Å². The van der Waals surface area contributed by atoms with Gasteiger partial charge in [-0.15, -0.1) is 5.01 Å². The van der Waals surface area contributed by atoms with E-state index in [1.807, 2.05) is 45.9 Å². The summed E-state index contributed by atoms with van der Waals surface area (Å²) in [6, 6.07) is 11.1. The molecule has 3 amide bonds. The zero-order valence-electron chi connectivity index (χ0n) is 26.1. The Bertz CT molecular complexity index is 1390. The number of rotatable bonds is 10. The Hall–Kier alpha value is -3.57. The molecule has 0 aliphatic carbocycles. The highest BCUT2D eigenvalue weighted by Crippen LogP contribution is 2.42. The van der Waals surface area contributed by atoms with E-state index in [0.717, 1.165) is 53.1 Å². The van der Waals surface area contributed by atoms with Crippen molar-refractivity contribution in [2.45, 2.75) is 58.6 Å². The van der Waals surface area contributed by atoms with E-state index >= 15 is 0 Å². The number of hydrogen-bond donors (Lipinski definition) is 0. The Labute approximate surface area is 258 Å². The van der Waals surface area contributed by atoms with Gasteiger partial charge in [0, 0.05) is 24.3 Å². The van der Waals surface area contributed by atoms with Gasteiger partial charge in [-0.1, -0.05) is 45.5 Å². The lowest BCUT2D eigenvalue weighted by Gasteiger charge is -2.39. The van der Waals surface area contributed by atoms with Crippen molar-refractivity contribution < 1.29 is 28.6 Å². The summed E-state index contributed by atoms with van der Waals surface area (Å²) in [5, 5.41) is 4.56. The summed E-state index contributed by atoms with van der Waals surface area (Å²) in [7, 11) is 1.56. The highest BCUT2D eigenvalue weighted by molar-refractivity contribution is 8.14. The number of hydrazone groups is 1. The van der Waals surface area contributed by atoms with Gasteiger partial charge in [-0.3, -0.25) is 9.59 Å². The molecule has 0 radical (unpaired) electrons. The molecule has 1 unspecified atom stereocenters. The number of carbonyl (C=O) groups excluding carboxylic acids is 3. The Morgan fingerprint density at radius 3 is 2.51 bits per heavy atom. The highest BCUT2D eigenvalue weighted by atomic mass is 32.2. The van der Waals surface area contributed by atoms with Gasteiger partial charge in [0.1, 0.15) is 6.61 Å². The van der Waals surface area contributed by atoms with E-state index < -0.39 is 11.3 Å². The normalized spacial score (nSPS) is 17.8. The molecule has 43 heavy (non-hydrogen) atoms. The van der Waals surface area contributed by atoms with Crippen molar-refractivity contribution in [2.75, 3.05) is 51.4 Å². The minimum Gasteiger partial charge on any atom is -0.493 e. The summed E-state index contributed by atoms with van der Waals surface area (Å²) in [5.74, 6) is 0.967. The molecule has 2 aliphatic heterocycles. The molecule has 0 saturated heterocycles. The Kier molecular flexibility index (Phi) is 10.4. The van der Waals surface area contributed by atoms with Gasteiger partial charge < -0.3 is 24.0 Å². The number of ether oxygens (including phenoxy) is 3. The molecule has 4 rings (SSSR count). The van der Waals surface area contributed by atoms with Crippen LogP contribution in [-0.2, 0) is 10.2 Å². The van der Waals surface area contributed by atoms with E-state index in [1.54, 1.807) is 30.2 Å². The predicted molar refractivity (Wildman–Crippen MR) is 170 cm³/mol. The maximum absolute atomic E-state index is 13.8. The van der Waals surface area contributed by atoms with Gasteiger partial charge in [0.15, 0.2) is 11.5 Å². The average molecular weight is 611 g/mol. The lowest BCUT2D eigenvalue weighted by atomic mass is 9.76. The number of carbonyl (C=O) groups is 3. The van der Waals surface area contributed by atoms with E-state index in [0.29, 0.717) is 42.5 Å². The van der Waals surface area contributed by atoms with Crippen LogP contribution in [0.3, 0.4) is 0 Å². The standard InChI is InChI=1S/C32H42N4O6S/c1-8-34(9-2)17-18-42-30(38)36-31(39)43-21(4)28(33-36)22-11-13-25-24(19-22)32(5,6)15-16-35(25)29(37)23-12-14-26(41-10-3)27(20-23)40-7/h11-14,19-21H,8-10,15-18H2,1-7H3. The summed E-state index contributed by atoms with van der Waals surface area (Å²) in [6.07, 6.45) is -0.0289. The van der Waals surface area contributed by atoms with Crippen molar-refractivity contribution in [3.05, 3.63) is 53.1 Å². The molecule has 0 spiro atoms. The van der Waals surface area contributed by atoms with Crippen molar-refractivity contribution >= 4 is 40.4 Å². The van der Waals surface area contributed by atoms with Gasteiger partial charge >= 0.3 is 11.3 Å². The largest absolute Gasteiger partial charge is 0.493 e. The second-order valence-electron chi connectivity index (χ2n) is 11.1. The van der Waals surface area contributed by atoms with Gasteiger partial charge in [0.25, 0.3) is 5.91 Å². The third-order valence-electron chi connectivity index (χ3n) is 7.97. The van der Waals surface area contributed by atoms with Crippen molar-refractivity contribution in [3.63, 3.8) is 0 Å². The fourth-order valence-electron chi connectivity index (χ4n) is 5.32. The second kappa shape index (κ2) is 13.8. The first kappa shape index (κ1) is 32.3. The van der Waals surface area contributed by atoms with Crippen molar-refractivity contribution in [3.8, 4) is 11.5 Å². The lowest BCUT2D eigenvalue weighted by Crippen LogP contribution is -2.42. The number of nitrogens with zero attached hydrogens (tertiary/aromatic N) is 4. The molecule has 0 N–H and O–H groups in total. The van der Waals surface area contributed by atoms with Gasteiger partial charge in [0.05, 0.1) is 24.7 Å². The highest BCUT2D eigenvalue weighted by Gasteiger charge is 2.37. The van der Waals surface area contributed by atoms with E-state index in [1.165, 1.54) is 0 Å². The Balaban J connectivity index is 1.62. The van der Waals surface area contributed by atoms with E-state index in [4.69, 9.17) is 14.2 Å². The molecule has 10 nitrogen and oxygen atoms in total. The third-order valence-corrected chi connectivity index (χ3v) is 8.92. The molecule has 0 aromatic heterocycles. The van der Waals surface area contributed by atoms with Crippen LogP contribution >= 0.6 is 11.8 Å². The van der Waals surface area contributed by atoms with Crippen LogP contribution in [-0.4, -0.2) is 84.6 Å². The number of thioether (sulfide) groups is 1. The number of methoxy groups -OCH3 is 1. The first-order valence-corrected chi connectivity index (χ1v) is 15.7. The minimum atomic E-state index is -0.782. The van der Waals surface area contributed by atoms with Gasteiger partial charge in [0.2, 0.25) is 0 Å². The summed E-state index contributed by atoms with van der Waals surface area (Å²) in [6.45, 7) is 15.7. The van der Waals surface area contributed by atoms with Crippen molar-refractivity contribution in [1.82, 2.24) is 9.91 Å². The van der Waals surface area contributed by atoms with Crippen LogP contribution < -0.4 is 14.4 Å². The maximum Gasteiger partial charge on any atom is 0.438 e. The molecule has 0 saturated carbocycles. The summed E-state index contributed by atoms with van der Waals surface area (Å²) in [5.41, 5.74) is 3.49. The third kappa shape index (κ3) is 6.99. The zero-order valence-corrected chi connectivity index (χ0v) is 27.0. The summed E-state index contributed by atoms with van der Waals surface area (Å²) >= 11 is 1.04. The molecule has 11 heteroatoms. The molecule has 0 fully saturated rings. The van der Waals surface area contributed by atoms with Crippen LogP contribution in [0.1, 0.15) is 69.4 Å². The van der Waals surface area contributed by atoms with Crippen molar-refractivity contribution in [2.24, 2.45) is 5.10 Å². The number of anilines is 1. The maximum atomic E-state index is 13.8. The van der Waals surface area contributed by atoms with E-state index in [9.17, 15) is 14.4 Å². The lowest BCUT2D eigenvalue weighted by molar-refractivity contribution is 0.0980. The number of likely N-dealkylation sites (N-methyl/N-ethyl adjacent to an activating group) is 1. The zero-order chi connectivity index (χ0) is 31.3. The Morgan fingerprint density at radius 1 is 1.09 bits per heavy atom. The summed E-state index contributed by atoms with van der Waals surface area (Å²) in [4.78, 5) is 43.3. The average Bonchev–Trinajstić information content (AvgIpc) is 2.99. The van der Waals surface area contributed by atoms with Gasteiger partial charge in [-0.25, -0.2) is 4.79 Å². The van der Waals surface area contributed by atoms with Crippen molar-refractivity contribution in [1.29, 1.82) is 0 Å². The number of benzene rings is 2. The number of amides is 3. The number of fused-ring (bicyclic) bond motifs is 1. The van der Waals surface area contributed by atoms with Gasteiger partial charge in [-0.2, -0.15) is 5.10 Å². The predicted octanol–water partition coefficient (Wildman–Crippen LogP) is 6.16. The molecule has 2 aromatic rings. The quantitative estimate of drug-likeness (QED) is 0.315. The van der Waals surface area contributed by atoms with Crippen LogP contribution in [0.15, 0.2) is 41.5 Å². The minimum absolute atomic E-state index is 0.131. The molecule has 2 aliphatic rings. The molecule has 0 bridgehead atoms. The Morgan fingerprint density at radius 2 is 1.84 bits per heavy atom. The van der Waals surface area contributed by atoms with Crippen LogP contribution in [0, 0.1) is 0 Å². The molecule has 1 atom stereocenters. The molecular formula is C32H42N4O6S. The first-order chi connectivity index (χ1) is 20.5. The van der Waals surface area contributed by atoms with Crippen LogP contribution in [0.4, 0.5) is 15.3 Å². The second-order valence-corrected chi connectivity index (χ2v) is 12.4. The summed E-state index contributed by atoms with van der Waals surface area (Å²) < 4.78 is 16.5. The molecular weight excluding hydrogens is 568 g/mol. The molecule has 2 aromatic carbocycles. The van der Waals surface area contributed by atoms with E-state index in [-0.39, 0.29) is 23.2 Å². The fourth-order valence-corrected chi connectivity index (χ4v) is 6.13. The smallest absolute Gasteiger partial charge is 0.438 e. The number of hydrogen-bond acceptors (Lipinski definition) is 9. The number of imide groups is 1. The van der Waals surface area contributed by atoms with Gasteiger partial charge in [-0.05, 0) is 80.2 Å². The van der Waals surface area contributed by atoms with E-state index in [2.05, 4.69) is 23.8 Å². The van der Waals surface area contributed by atoms with Crippen LogP contribution in [0.25, 0.3) is 0 Å². The van der Waals surface area contributed by atoms with Crippen LogP contribution in [0.5, 0.6) is 11.5 Å².